The monoisotopic (exact) mass is 250 g/mol. The van der Waals surface area contributed by atoms with Gasteiger partial charge in [-0.3, -0.25) is 4.98 Å². The van der Waals surface area contributed by atoms with Gasteiger partial charge in [-0.2, -0.15) is 0 Å². The molecule has 1 unspecified atom stereocenters. The summed E-state index contributed by atoms with van der Waals surface area (Å²) in [4.78, 5) is 4.43. The Morgan fingerprint density at radius 1 is 1.50 bits per heavy atom. The van der Waals surface area contributed by atoms with Gasteiger partial charge in [0.05, 0.1) is 12.7 Å². The molecular weight excluding hydrogens is 228 g/mol. The minimum Gasteiger partial charge on any atom is -0.496 e. The topological polar surface area (TPSA) is 68.4 Å². The van der Waals surface area contributed by atoms with Gasteiger partial charge in [-0.05, 0) is 32.6 Å². The minimum absolute atomic E-state index is 0.287. The number of aromatic nitrogens is 1. The summed E-state index contributed by atoms with van der Waals surface area (Å²) < 4.78 is 5.39. The van der Waals surface area contributed by atoms with Crippen molar-refractivity contribution in [1.82, 2.24) is 4.98 Å². The lowest BCUT2D eigenvalue weighted by atomic mass is 9.90. The molecule has 0 amide bonds. The highest BCUT2D eigenvalue weighted by Crippen LogP contribution is 2.41. The summed E-state index contributed by atoms with van der Waals surface area (Å²) in [5.74, 6) is 1.19. The molecule has 1 atom stereocenters. The number of nitrogens with zero attached hydrogens (tertiary/aromatic N) is 1. The minimum atomic E-state index is -0.808. The van der Waals surface area contributed by atoms with Crippen LogP contribution >= 0.6 is 0 Å². The van der Waals surface area contributed by atoms with E-state index in [4.69, 9.17) is 10.5 Å². The Hall–Kier alpha value is -1.13. The molecule has 3 N–H and O–H groups in total. The maximum Gasteiger partial charge on any atom is 0.128 e. The van der Waals surface area contributed by atoms with Crippen LogP contribution in [0.1, 0.15) is 29.7 Å². The van der Waals surface area contributed by atoms with Crippen molar-refractivity contribution in [2.45, 2.75) is 38.7 Å². The van der Waals surface area contributed by atoms with Crippen LogP contribution in [0.3, 0.4) is 0 Å². The van der Waals surface area contributed by atoms with Crippen LogP contribution in [0.15, 0.2) is 6.20 Å². The smallest absolute Gasteiger partial charge is 0.128 e. The second kappa shape index (κ2) is 4.86. The third-order valence-corrected chi connectivity index (χ3v) is 3.91. The summed E-state index contributed by atoms with van der Waals surface area (Å²) >= 11 is 0. The average molecular weight is 250 g/mol. The summed E-state index contributed by atoms with van der Waals surface area (Å²) in [6.45, 7) is 4.24. The van der Waals surface area contributed by atoms with Gasteiger partial charge in [-0.15, -0.1) is 0 Å². The molecule has 1 fully saturated rings. The van der Waals surface area contributed by atoms with Crippen LogP contribution in [0.25, 0.3) is 0 Å². The molecule has 0 aromatic carbocycles. The molecule has 1 aromatic heterocycles. The third-order valence-electron chi connectivity index (χ3n) is 3.91. The first-order chi connectivity index (χ1) is 8.51. The number of methoxy groups -OCH3 is 1. The van der Waals surface area contributed by atoms with E-state index in [-0.39, 0.29) is 6.54 Å². The van der Waals surface area contributed by atoms with Crippen LogP contribution < -0.4 is 10.5 Å². The molecule has 0 saturated heterocycles. The van der Waals surface area contributed by atoms with Gasteiger partial charge in [0.1, 0.15) is 5.75 Å². The highest BCUT2D eigenvalue weighted by atomic mass is 16.5. The summed E-state index contributed by atoms with van der Waals surface area (Å²) in [5, 5.41) is 10.6. The highest BCUT2D eigenvalue weighted by Gasteiger charge is 2.43. The van der Waals surface area contributed by atoms with Gasteiger partial charge in [-0.1, -0.05) is 0 Å². The van der Waals surface area contributed by atoms with Gasteiger partial charge >= 0.3 is 0 Å². The molecule has 1 aliphatic rings. The van der Waals surface area contributed by atoms with Crippen molar-refractivity contribution in [2.75, 3.05) is 13.7 Å². The van der Waals surface area contributed by atoms with E-state index in [2.05, 4.69) is 4.98 Å². The lowest BCUT2D eigenvalue weighted by Gasteiger charge is -2.27. The Bertz CT molecular complexity index is 444. The van der Waals surface area contributed by atoms with E-state index in [1.54, 1.807) is 13.3 Å². The second-order valence-electron chi connectivity index (χ2n) is 5.30. The standard InChI is InChI=1S/C14H22N2O2/c1-9-7-16-12(10(2)13(9)18-3)6-14(17,8-15)11-4-5-11/h7,11,17H,4-6,8,15H2,1-3H3. The van der Waals surface area contributed by atoms with Crippen molar-refractivity contribution in [2.24, 2.45) is 11.7 Å². The van der Waals surface area contributed by atoms with E-state index in [0.29, 0.717) is 12.3 Å². The molecule has 18 heavy (non-hydrogen) atoms. The van der Waals surface area contributed by atoms with Crippen molar-refractivity contribution in [3.63, 3.8) is 0 Å². The second-order valence-corrected chi connectivity index (χ2v) is 5.30. The maximum absolute atomic E-state index is 10.6. The molecule has 0 spiro atoms. The van der Waals surface area contributed by atoms with E-state index in [0.717, 1.165) is 35.4 Å². The van der Waals surface area contributed by atoms with E-state index < -0.39 is 5.60 Å². The Kier molecular flexibility index (Phi) is 3.59. The SMILES string of the molecule is COc1c(C)cnc(CC(O)(CN)C2CC2)c1C. The van der Waals surface area contributed by atoms with Crippen LogP contribution in [0, 0.1) is 19.8 Å². The fraction of sp³-hybridized carbons (Fsp3) is 0.643. The molecule has 2 rings (SSSR count). The number of rotatable bonds is 5. The number of hydrogen-bond donors (Lipinski definition) is 2. The molecule has 4 heteroatoms. The van der Waals surface area contributed by atoms with Gasteiger partial charge in [0.25, 0.3) is 0 Å². The normalized spacial score (nSPS) is 18.5. The zero-order valence-corrected chi connectivity index (χ0v) is 11.4. The number of aryl methyl sites for hydroxylation is 1. The first-order valence-electron chi connectivity index (χ1n) is 6.43. The van der Waals surface area contributed by atoms with Crippen molar-refractivity contribution >= 4 is 0 Å². The molecule has 1 aromatic rings. The Morgan fingerprint density at radius 2 is 2.17 bits per heavy atom. The van der Waals surface area contributed by atoms with Crippen molar-refractivity contribution in [1.29, 1.82) is 0 Å². The summed E-state index contributed by atoms with van der Waals surface area (Å²) in [5.41, 5.74) is 7.84. The van der Waals surface area contributed by atoms with Crippen LogP contribution in [0.5, 0.6) is 5.75 Å². The first-order valence-corrected chi connectivity index (χ1v) is 6.43. The molecule has 1 saturated carbocycles. The third kappa shape index (κ3) is 2.35. The average Bonchev–Trinajstić information content (AvgIpc) is 3.18. The predicted molar refractivity (Wildman–Crippen MR) is 70.7 cm³/mol. The fourth-order valence-corrected chi connectivity index (χ4v) is 2.54. The van der Waals surface area contributed by atoms with E-state index in [1.807, 2.05) is 13.8 Å². The molecular formula is C14H22N2O2. The van der Waals surface area contributed by atoms with Crippen LogP contribution in [0.2, 0.25) is 0 Å². The largest absolute Gasteiger partial charge is 0.496 e. The highest BCUT2D eigenvalue weighted by molar-refractivity contribution is 5.41. The lowest BCUT2D eigenvalue weighted by Crippen LogP contribution is -2.42. The van der Waals surface area contributed by atoms with Crippen molar-refractivity contribution in [3.05, 3.63) is 23.0 Å². The molecule has 4 nitrogen and oxygen atoms in total. The number of ether oxygens (including phenoxy) is 1. The van der Waals surface area contributed by atoms with Crippen molar-refractivity contribution < 1.29 is 9.84 Å². The van der Waals surface area contributed by atoms with Gasteiger partial charge in [-0.25, -0.2) is 0 Å². The molecule has 1 aliphatic carbocycles. The van der Waals surface area contributed by atoms with Gasteiger partial charge < -0.3 is 15.6 Å². The molecule has 0 radical (unpaired) electrons. The quantitative estimate of drug-likeness (QED) is 0.827. The zero-order valence-electron chi connectivity index (χ0n) is 11.4. The summed E-state index contributed by atoms with van der Waals surface area (Å²) in [6, 6.07) is 0. The van der Waals surface area contributed by atoms with E-state index >= 15 is 0 Å². The molecule has 0 aliphatic heterocycles. The van der Waals surface area contributed by atoms with Gasteiger partial charge in [0.15, 0.2) is 0 Å². The number of pyridine rings is 1. The van der Waals surface area contributed by atoms with Gasteiger partial charge in [0.2, 0.25) is 0 Å². The van der Waals surface area contributed by atoms with Crippen molar-refractivity contribution in [3.8, 4) is 5.75 Å². The van der Waals surface area contributed by atoms with Gasteiger partial charge in [0, 0.05) is 36.0 Å². The number of aliphatic hydroxyl groups is 1. The lowest BCUT2D eigenvalue weighted by molar-refractivity contribution is 0.0256. The number of hydrogen-bond acceptors (Lipinski definition) is 4. The Labute approximate surface area is 108 Å². The number of nitrogens with two attached hydrogens (primary N) is 1. The fourth-order valence-electron chi connectivity index (χ4n) is 2.54. The van der Waals surface area contributed by atoms with E-state index in [9.17, 15) is 5.11 Å². The summed E-state index contributed by atoms with van der Waals surface area (Å²) in [7, 11) is 1.66. The zero-order chi connectivity index (χ0) is 13.3. The van der Waals surface area contributed by atoms with Crippen LogP contribution in [-0.4, -0.2) is 29.3 Å². The molecule has 100 valence electrons. The van der Waals surface area contributed by atoms with Crippen LogP contribution in [0.4, 0.5) is 0 Å². The predicted octanol–water partition coefficient (Wildman–Crippen LogP) is 1.35. The first kappa shape index (κ1) is 13.3. The Balaban J connectivity index is 2.28. The van der Waals surface area contributed by atoms with E-state index in [1.165, 1.54) is 0 Å². The molecule has 0 bridgehead atoms. The Morgan fingerprint density at radius 3 is 2.67 bits per heavy atom. The van der Waals surface area contributed by atoms with Crippen LogP contribution in [-0.2, 0) is 6.42 Å². The molecule has 1 heterocycles. The summed E-state index contributed by atoms with van der Waals surface area (Å²) in [6.07, 6.45) is 4.44. The maximum atomic E-state index is 10.6.